The number of carboxylic acid groups (broad SMARTS) is 1. The van der Waals surface area contributed by atoms with Crippen LogP contribution in [-0.4, -0.2) is 16.2 Å². The molecule has 4 nitrogen and oxygen atoms in total. The molecule has 132 valence electrons. The zero-order chi connectivity index (χ0) is 17.5. The van der Waals surface area contributed by atoms with E-state index in [9.17, 15) is 15.0 Å². The van der Waals surface area contributed by atoms with Gasteiger partial charge in [-0.2, -0.15) is 0 Å². The molecule has 3 rings (SSSR count). The number of rotatable bonds is 4. The lowest BCUT2D eigenvalue weighted by Gasteiger charge is -2.58. The molecule has 1 aromatic heterocycles. The molecule has 24 heavy (non-hydrogen) atoms. The highest BCUT2D eigenvalue weighted by molar-refractivity contribution is 5.88. The second-order valence-electron chi connectivity index (χ2n) is 8.19. The van der Waals surface area contributed by atoms with Crippen LogP contribution in [0.25, 0.3) is 0 Å². The Kier molecular flexibility index (Phi) is 4.37. The number of carbonyl (C=O) groups is 1. The fourth-order valence-electron chi connectivity index (χ4n) is 5.36. The van der Waals surface area contributed by atoms with Crippen molar-refractivity contribution in [2.45, 2.75) is 59.0 Å². The summed E-state index contributed by atoms with van der Waals surface area (Å²) in [5.74, 6) is -0.0637. The van der Waals surface area contributed by atoms with E-state index in [1.54, 1.807) is 12.5 Å². The molecular formula is C20H28O4. The molecule has 4 heteroatoms. The fraction of sp³-hybridized carbons (Fsp3) is 0.650. The number of aliphatic hydroxyl groups is 1. The molecule has 1 aromatic rings. The number of aliphatic hydroxyl groups excluding tert-OH is 1. The van der Waals surface area contributed by atoms with Gasteiger partial charge in [0.25, 0.3) is 0 Å². The van der Waals surface area contributed by atoms with E-state index in [1.807, 2.05) is 12.1 Å². The zero-order valence-electron chi connectivity index (χ0n) is 14.8. The minimum atomic E-state index is -0.783. The number of furan rings is 1. The summed E-state index contributed by atoms with van der Waals surface area (Å²) in [4.78, 5) is 11.8. The minimum Gasteiger partial charge on any atom is -0.478 e. The number of hydrogen-bond acceptors (Lipinski definition) is 3. The molecule has 2 N–H and O–H groups in total. The van der Waals surface area contributed by atoms with Gasteiger partial charge >= 0.3 is 5.97 Å². The molecule has 5 atom stereocenters. The van der Waals surface area contributed by atoms with Crippen molar-refractivity contribution in [2.24, 2.45) is 22.7 Å². The van der Waals surface area contributed by atoms with E-state index in [0.29, 0.717) is 17.9 Å². The maximum absolute atomic E-state index is 11.8. The Morgan fingerprint density at radius 3 is 2.79 bits per heavy atom. The Bertz CT molecular complexity index is 632. The van der Waals surface area contributed by atoms with Gasteiger partial charge in [-0.1, -0.05) is 26.8 Å². The molecule has 0 amide bonds. The Morgan fingerprint density at radius 2 is 2.17 bits per heavy atom. The van der Waals surface area contributed by atoms with Gasteiger partial charge in [-0.15, -0.1) is 0 Å². The van der Waals surface area contributed by atoms with Crippen molar-refractivity contribution in [2.75, 3.05) is 0 Å². The smallest absolute Gasteiger partial charge is 0.331 e. The highest BCUT2D eigenvalue weighted by atomic mass is 16.4. The lowest BCUT2D eigenvalue weighted by atomic mass is 9.46. The highest BCUT2D eigenvalue weighted by Gasteiger charge is 2.55. The van der Waals surface area contributed by atoms with Gasteiger partial charge in [-0.05, 0) is 55.4 Å². The molecule has 1 fully saturated rings. The van der Waals surface area contributed by atoms with Gasteiger partial charge in [0.1, 0.15) is 0 Å². The maximum Gasteiger partial charge on any atom is 0.331 e. The summed E-state index contributed by atoms with van der Waals surface area (Å²) in [5, 5.41) is 20.4. The molecule has 0 radical (unpaired) electrons. The number of aliphatic carboxylic acids is 1. The van der Waals surface area contributed by atoms with Crippen molar-refractivity contribution in [1.82, 2.24) is 0 Å². The van der Waals surface area contributed by atoms with E-state index in [1.165, 1.54) is 0 Å². The summed E-state index contributed by atoms with van der Waals surface area (Å²) in [6.07, 6.45) is 8.88. The third-order valence-corrected chi connectivity index (χ3v) is 7.00. The predicted molar refractivity (Wildman–Crippen MR) is 91.3 cm³/mol. The maximum atomic E-state index is 11.8. The van der Waals surface area contributed by atoms with Crippen molar-refractivity contribution >= 4 is 5.97 Å². The third kappa shape index (κ3) is 2.61. The summed E-state index contributed by atoms with van der Waals surface area (Å²) in [6.45, 7) is 6.61. The van der Waals surface area contributed by atoms with Crippen LogP contribution in [-0.2, 0) is 4.79 Å². The summed E-state index contributed by atoms with van der Waals surface area (Å²) in [5.41, 5.74) is 0.982. The predicted octanol–water partition coefficient (Wildman–Crippen LogP) is 4.57. The standard InChI is InChI=1S/C20H28O4/c1-13-7-9-19(2)15(18(22)23)5-4-6-17(19)20(13,3)11-16(21)14-8-10-24-12-14/h5,8,10,12-13,16-17,21H,4,6-7,9,11H2,1-3H3,(H,22,23)/t13-,16+,17-,19+,20+/m1/s1. The van der Waals surface area contributed by atoms with Crippen molar-refractivity contribution in [3.8, 4) is 0 Å². The third-order valence-electron chi connectivity index (χ3n) is 7.00. The molecule has 0 saturated heterocycles. The fourth-order valence-corrected chi connectivity index (χ4v) is 5.36. The van der Waals surface area contributed by atoms with Gasteiger partial charge in [0.15, 0.2) is 0 Å². The number of allylic oxidation sites excluding steroid dienone is 1. The first-order valence-electron chi connectivity index (χ1n) is 8.93. The lowest BCUT2D eigenvalue weighted by molar-refractivity contribution is -0.137. The van der Waals surface area contributed by atoms with Crippen molar-refractivity contribution in [3.05, 3.63) is 35.8 Å². The minimum absolute atomic E-state index is 0.0986. The van der Waals surface area contributed by atoms with Crippen LogP contribution < -0.4 is 0 Å². The first-order valence-corrected chi connectivity index (χ1v) is 8.93. The van der Waals surface area contributed by atoms with Gasteiger partial charge in [0.2, 0.25) is 0 Å². The summed E-state index contributed by atoms with van der Waals surface area (Å²) < 4.78 is 5.11. The van der Waals surface area contributed by atoms with Crippen LogP contribution in [0.3, 0.4) is 0 Å². The lowest BCUT2D eigenvalue weighted by Crippen LogP contribution is -2.51. The van der Waals surface area contributed by atoms with Crippen LogP contribution in [0.2, 0.25) is 0 Å². The molecule has 1 saturated carbocycles. The molecule has 2 aliphatic carbocycles. The van der Waals surface area contributed by atoms with E-state index >= 15 is 0 Å². The molecule has 1 heterocycles. The normalized spacial score (nSPS) is 37.4. The van der Waals surface area contributed by atoms with Crippen LogP contribution in [0.5, 0.6) is 0 Å². The summed E-state index contributed by atoms with van der Waals surface area (Å²) in [6, 6.07) is 1.81. The quantitative estimate of drug-likeness (QED) is 0.847. The van der Waals surface area contributed by atoms with Crippen LogP contribution in [0.15, 0.2) is 34.7 Å². The Balaban J connectivity index is 1.94. The average Bonchev–Trinajstić information content (AvgIpc) is 3.05. The topological polar surface area (TPSA) is 70.7 Å². The van der Waals surface area contributed by atoms with Gasteiger partial charge < -0.3 is 14.6 Å². The number of carboxylic acids is 1. The number of hydrogen-bond donors (Lipinski definition) is 2. The molecule has 0 unspecified atom stereocenters. The molecule has 0 bridgehead atoms. The first-order chi connectivity index (χ1) is 11.3. The largest absolute Gasteiger partial charge is 0.478 e. The zero-order valence-corrected chi connectivity index (χ0v) is 14.8. The van der Waals surface area contributed by atoms with Crippen molar-refractivity contribution in [1.29, 1.82) is 0 Å². The van der Waals surface area contributed by atoms with E-state index in [-0.39, 0.29) is 16.7 Å². The monoisotopic (exact) mass is 332 g/mol. The van der Waals surface area contributed by atoms with Gasteiger partial charge in [-0.3, -0.25) is 0 Å². The van der Waals surface area contributed by atoms with E-state index < -0.39 is 12.1 Å². The Hall–Kier alpha value is -1.55. The van der Waals surface area contributed by atoms with Gasteiger partial charge in [0.05, 0.1) is 18.6 Å². The van der Waals surface area contributed by atoms with E-state index in [4.69, 9.17) is 4.42 Å². The Labute approximate surface area is 143 Å². The van der Waals surface area contributed by atoms with Crippen molar-refractivity contribution in [3.63, 3.8) is 0 Å². The molecule has 2 aliphatic rings. The summed E-state index contributed by atoms with van der Waals surface area (Å²) in [7, 11) is 0. The second-order valence-corrected chi connectivity index (χ2v) is 8.19. The Morgan fingerprint density at radius 1 is 1.42 bits per heavy atom. The SMILES string of the molecule is C[C@@H]1CC[C@@]2(C)C(C(=O)O)=CCC[C@H]2[C@@]1(C)C[C@H](O)c1ccoc1. The van der Waals surface area contributed by atoms with E-state index in [2.05, 4.69) is 20.8 Å². The first kappa shape index (κ1) is 17.3. The van der Waals surface area contributed by atoms with Crippen LogP contribution >= 0.6 is 0 Å². The average molecular weight is 332 g/mol. The van der Waals surface area contributed by atoms with Crippen LogP contribution in [0, 0.1) is 22.7 Å². The highest BCUT2D eigenvalue weighted by Crippen LogP contribution is 2.62. The summed E-state index contributed by atoms with van der Waals surface area (Å²) >= 11 is 0. The molecule has 0 aliphatic heterocycles. The van der Waals surface area contributed by atoms with Gasteiger partial charge in [0, 0.05) is 16.6 Å². The number of fused-ring (bicyclic) bond motifs is 1. The molecular weight excluding hydrogens is 304 g/mol. The van der Waals surface area contributed by atoms with Gasteiger partial charge in [-0.25, -0.2) is 4.79 Å². The molecule has 0 spiro atoms. The second kappa shape index (κ2) is 6.07. The van der Waals surface area contributed by atoms with E-state index in [0.717, 1.165) is 31.2 Å². The van der Waals surface area contributed by atoms with Crippen molar-refractivity contribution < 1.29 is 19.4 Å². The van der Waals surface area contributed by atoms with Crippen LogP contribution in [0.1, 0.15) is 64.5 Å². The molecule has 0 aromatic carbocycles. The van der Waals surface area contributed by atoms with Crippen LogP contribution in [0.4, 0.5) is 0 Å².